The van der Waals surface area contributed by atoms with Gasteiger partial charge < -0.3 is 4.74 Å². The van der Waals surface area contributed by atoms with Gasteiger partial charge in [0.05, 0.1) is 12.4 Å². The Kier molecular flexibility index (Phi) is 4.52. The largest absolute Gasteiger partial charge is 0.465 e. The highest BCUT2D eigenvalue weighted by Crippen LogP contribution is 2.42. The zero-order chi connectivity index (χ0) is 17.7. The first-order valence-electron chi connectivity index (χ1n) is 7.54. The molecule has 7 nitrogen and oxygen atoms in total. The number of hydrogen-bond acceptors (Lipinski definition) is 7. The molecule has 0 amide bonds. The molecule has 1 aromatic rings. The van der Waals surface area contributed by atoms with Gasteiger partial charge in [-0.2, -0.15) is 4.31 Å². The minimum Gasteiger partial charge on any atom is -0.465 e. The van der Waals surface area contributed by atoms with Crippen molar-refractivity contribution in [2.24, 2.45) is 0 Å². The molecule has 3 rings (SSSR count). The van der Waals surface area contributed by atoms with Gasteiger partial charge in [0.15, 0.2) is 0 Å². The van der Waals surface area contributed by atoms with Crippen LogP contribution in [0.5, 0.6) is 0 Å². The van der Waals surface area contributed by atoms with Crippen LogP contribution in [0.15, 0.2) is 16.3 Å². The van der Waals surface area contributed by atoms with Gasteiger partial charge in [-0.1, -0.05) is 0 Å². The van der Waals surface area contributed by atoms with Crippen LogP contribution in [0, 0.1) is 0 Å². The van der Waals surface area contributed by atoms with E-state index in [1.165, 1.54) is 23.7 Å². The Labute approximate surface area is 145 Å². The van der Waals surface area contributed by atoms with Gasteiger partial charge in [0.2, 0.25) is 10.0 Å². The molecule has 134 valence electrons. The zero-order valence-electron chi connectivity index (χ0n) is 13.3. The molecule has 0 saturated carbocycles. The molecule has 1 aromatic heterocycles. The van der Waals surface area contributed by atoms with Gasteiger partial charge in [-0.05, 0) is 37.1 Å². The van der Waals surface area contributed by atoms with E-state index in [1.54, 1.807) is 5.38 Å². The fourth-order valence-corrected chi connectivity index (χ4v) is 8.03. The number of esters is 1. The van der Waals surface area contributed by atoms with Crippen molar-refractivity contribution in [3.8, 4) is 0 Å². The maximum Gasteiger partial charge on any atom is 0.349 e. The summed E-state index contributed by atoms with van der Waals surface area (Å²) in [4.78, 5) is 11.8. The minimum atomic E-state index is -3.86. The third kappa shape index (κ3) is 2.89. The second-order valence-electron chi connectivity index (χ2n) is 6.25. The molecule has 2 fully saturated rings. The fraction of sp³-hybridized carbons (Fsp3) is 0.643. The predicted molar refractivity (Wildman–Crippen MR) is 89.4 cm³/mol. The van der Waals surface area contributed by atoms with E-state index in [9.17, 15) is 21.6 Å². The van der Waals surface area contributed by atoms with E-state index in [0.29, 0.717) is 25.7 Å². The second-order valence-corrected chi connectivity index (χ2v) is 11.3. The highest BCUT2D eigenvalue weighted by atomic mass is 32.2. The van der Waals surface area contributed by atoms with Crippen LogP contribution in [0.25, 0.3) is 0 Å². The number of sulfonamides is 1. The van der Waals surface area contributed by atoms with E-state index in [-0.39, 0.29) is 21.9 Å². The summed E-state index contributed by atoms with van der Waals surface area (Å²) in [6, 6.07) is 0.742. The van der Waals surface area contributed by atoms with Gasteiger partial charge in [-0.25, -0.2) is 21.6 Å². The highest BCUT2D eigenvalue weighted by Gasteiger charge is 2.50. The quantitative estimate of drug-likeness (QED) is 0.715. The molecule has 0 aliphatic carbocycles. The molecule has 10 heteroatoms. The summed E-state index contributed by atoms with van der Waals surface area (Å²) in [7, 11) is -5.85. The number of nitrogens with zero attached hydrogens (tertiary/aromatic N) is 1. The van der Waals surface area contributed by atoms with E-state index in [1.807, 2.05) is 0 Å². The third-order valence-corrected chi connectivity index (χ3v) is 9.45. The molecule has 0 aromatic carbocycles. The number of carbonyl (C=O) groups is 1. The van der Waals surface area contributed by atoms with Crippen molar-refractivity contribution >= 4 is 37.2 Å². The summed E-state index contributed by atoms with van der Waals surface area (Å²) >= 11 is 1.02. The van der Waals surface area contributed by atoms with Crippen molar-refractivity contribution in [3.63, 3.8) is 0 Å². The van der Waals surface area contributed by atoms with Crippen molar-refractivity contribution in [2.45, 2.75) is 47.9 Å². The van der Waals surface area contributed by atoms with Crippen LogP contribution in [-0.2, 0) is 24.6 Å². The van der Waals surface area contributed by atoms with Crippen LogP contribution in [0.2, 0.25) is 0 Å². The Morgan fingerprint density at radius 1 is 1.21 bits per heavy atom. The Balaban J connectivity index is 1.96. The van der Waals surface area contributed by atoms with E-state index in [4.69, 9.17) is 0 Å². The summed E-state index contributed by atoms with van der Waals surface area (Å²) in [5, 5.41) is 1.05. The molecule has 2 aliphatic heterocycles. The monoisotopic (exact) mass is 393 g/mol. The molecule has 2 unspecified atom stereocenters. The predicted octanol–water partition coefficient (Wildman–Crippen LogP) is 1.26. The number of ether oxygens (including phenoxy) is 1. The number of carbonyl (C=O) groups excluding carboxylic acids is 1. The average Bonchev–Trinajstić information content (AvgIpc) is 3.09. The molecule has 24 heavy (non-hydrogen) atoms. The average molecular weight is 394 g/mol. The number of fused-ring (bicyclic) bond motifs is 2. The van der Waals surface area contributed by atoms with Gasteiger partial charge in [0.1, 0.15) is 19.6 Å². The number of rotatable bonds is 4. The maximum absolute atomic E-state index is 13.1. The normalized spacial score (nSPS) is 28.0. The van der Waals surface area contributed by atoms with Gasteiger partial charge in [0, 0.05) is 18.3 Å². The van der Waals surface area contributed by atoms with E-state index < -0.39 is 31.1 Å². The molecule has 0 radical (unpaired) electrons. The molecule has 2 saturated heterocycles. The van der Waals surface area contributed by atoms with Crippen LogP contribution in [0.4, 0.5) is 0 Å². The molecule has 2 bridgehead atoms. The van der Waals surface area contributed by atoms with Crippen LogP contribution < -0.4 is 0 Å². The van der Waals surface area contributed by atoms with Crippen molar-refractivity contribution in [1.29, 1.82) is 0 Å². The zero-order valence-corrected chi connectivity index (χ0v) is 15.8. The number of methoxy groups -OCH3 is 1. The SMILES string of the molecule is COC(=O)c1sccc1S(=O)(=O)N1C2CCC1CC(S(C)(=O)=O)C2. The first kappa shape index (κ1) is 17.8. The van der Waals surface area contributed by atoms with Crippen molar-refractivity contribution in [2.75, 3.05) is 13.4 Å². The van der Waals surface area contributed by atoms with Crippen LogP contribution in [0.1, 0.15) is 35.4 Å². The molecule has 0 spiro atoms. The highest BCUT2D eigenvalue weighted by molar-refractivity contribution is 7.91. The van der Waals surface area contributed by atoms with Gasteiger partial charge in [-0.3, -0.25) is 0 Å². The van der Waals surface area contributed by atoms with E-state index >= 15 is 0 Å². The van der Waals surface area contributed by atoms with Crippen LogP contribution in [0.3, 0.4) is 0 Å². The molecule has 2 atom stereocenters. The lowest BCUT2D eigenvalue weighted by molar-refractivity contribution is 0.0602. The Bertz CT molecular complexity index is 843. The lowest BCUT2D eigenvalue weighted by Crippen LogP contribution is -2.49. The molecule has 0 N–H and O–H groups in total. The maximum atomic E-state index is 13.1. The number of piperidine rings is 1. The van der Waals surface area contributed by atoms with Gasteiger partial charge in [0.25, 0.3) is 0 Å². The van der Waals surface area contributed by atoms with E-state index in [2.05, 4.69) is 4.74 Å². The van der Waals surface area contributed by atoms with Crippen molar-refractivity contribution < 1.29 is 26.4 Å². The molecular formula is C14H19NO6S3. The summed E-state index contributed by atoms with van der Waals surface area (Å²) < 4.78 is 55.9. The fourth-order valence-electron chi connectivity index (χ4n) is 3.68. The first-order chi connectivity index (χ1) is 11.2. The number of sulfone groups is 1. The summed E-state index contributed by atoms with van der Waals surface area (Å²) in [5.41, 5.74) is 0. The summed E-state index contributed by atoms with van der Waals surface area (Å²) in [5.74, 6) is -0.679. The third-order valence-electron chi connectivity index (χ3n) is 4.78. The molecular weight excluding hydrogens is 374 g/mol. The Morgan fingerprint density at radius 3 is 2.29 bits per heavy atom. The smallest absolute Gasteiger partial charge is 0.349 e. The molecule has 2 aliphatic rings. The minimum absolute atomic E-state index is 0.0472. The number of thiophene rings is 1. The Hall–Kier alpha value is -0.970. The van der Waals surface area contributed by atoms with Crippen LogP contribution >= 0.6 is 11.3 Å². The second kappa shape index (κ2) is 6.08. The summed E-state index contributed by atoms with van der Waals surface area (Å²) in [6.07, 6.45) is 3.12. The number of hydrogen-bond donors (Lipinski definition) is 0. The lowest BCUT2D eigenvalue weighted by Gasteiger charge is -2.37. The standard InChI is InChI=1S/C14H19NO6S3/c1-21-14(16)13-12(5-6-22-13)24(19,20)15-9-3-4-10(15)8-11(7-9)23(2,17)18/h5-6,9-11H,3-4,7-8H2,1-2H3. The van der Waals surface area contributed by atoms with Crippen molar-refractivity contribution in [3.05, 3.63) is 16.3 Å². The molecule has 3 heterocycles. The van der Waals surface area contributed by atoms with Gasteiger partial charge >= 0.3 is 5.97 Å². The summed E-state index contributed by atoms with van der Waals surface area (Å²) in [6.45, 7) is 0. The van der Waals surface area contributed by atoms with E-state index in [0.717, 1.165) is 11.3 Å². The first-order valence-corrected chi connectivity index (χ1v) is 11.8. The van der Waals surface area contributed by atoms with Crippen molar-refractivity contribution in [1.82, 2.24) is 4.31 Å². The Morgan fingerprint density at radius 2 is 1.79 bits per heavy atom. The lowest BCUT2D eigenvalue weighted by atomic mass is 10.1. The topological polar surface area (TPSA) is 97.8 Å². The van der Waals surface area contributed by atoms with Crippen LogP contribution in [-0.4, -0.2) is 57.8 Å². The van der Waals surface area contributed by atoms with Gasteiger partial charge in [-0.15, -0.1) is 11.3 Å².